The van der Waals surface area contributed by atoms with Gasteiger partial charge in [-0.2, -0.15) is 0 Å². The van der Waals surface area contributed by atoms with E-state index in [1.807, 2.05) is 6.92 Å². The largest absolute Gasteiger partial charge is 0.337 e. The normalized spacial score (nSPS) is 17.1. The summed E-state index contributed by atoms with van der Waals surface area (Å²) in [5, 5.41) is 3.07. The van der Waals surface area contributed by atoms with Crippen LogP contribution in [0.4, 0.5) is 4.39 Å². The van der Waals surface area contributed by atoms with Gasteiger partial charge in [-0.1, -0.05) is 6.07 Å². The molecule has 4 heteroatoms. The van der Waals surface area contributed by atoms with E-state index in [-0.39, 0.29) is 11.7 Å². The van der Waals surface area contributed by atoms with Crippen molar-refractivity contribution in [1.82, 2.24) is 10.2 Å². The molecule has 1 fully saturated rings. The van der Waals surface area contributed by atoms with Crippen LogP contribution >= 0.6 is 0 Å². The van der Waals surface area contributed by atoms with Gasteiger partial charge in [-0.25, -0.2) is 4.39 Å². The van der Waals surface area contributed by atoms with Crippen molar-refractivity contribution in [2.24, 2.45) is 0 Å². The van der Waals surface area contributed by atoms with Gasteiger partial charge in [0.05, 0.1) is 6.54 Å². The third kappa shape index (κ3) is 3.03. The lowest BCUT2D eigenvalue weighted by Gasteiger charge is -2.21. The van der Waals surface area contributed by atoms with Gasteiger partial charge in [0.2, 0.25) is 5.91 Å². The maximum atomic E-state index is 13.2. The van der Waals surface area contributed by atoms with Crippen molar-refractivity contribution >= 4 is 5.91 Å². The highest BCUT2D eigenvalue weighted by atomic mass is 19.1. The molecule has 1 aliphatic heterocycles. The molecule has 2 rings (SSSR count). The van der Waals surface area contributed by atoms with E-state index in [1.54, 1.807) is 11.0 Å². The molecule has 0 radical (unpaired) electrons. The predicted molar refractivity (Wildman–Crippen MR) is 64.0 cm³/mol. The average Bonchev–Trinajstić information content (AvgIpc) is 2.50. The van der Waals surface area contributed by atoms with Crippen molar-refractivity contribution in [2.75, 3.05) is 19.6 Å². The van der Waals surface area contributed by atoms with Crippen LogP contribution in [0.3, 0.4) is 0 Å². The molecule has 0 spiro atoms. The first-order valence-electron chi connectivity index (χ1n) is 5.90. The number of benzene rings is 1. The molecule has 0 unspecified atom stereocenters. The summed E-state index contributed by atoms with van der Waals surface area (Å²) in [6.07, 6.45) is 0.945. The zero-order valence-electron chi connectivity index (χ0n) is 10.0. The van der Waals surface area contributed by atoms with E-state index >= 15 is 0 Å². The van der Waals surface area contributed by atoms with E-state index in [2.05, 4.69) is 5.32 Å². The number of aryl methyl sites for hydroxylation is 1. The van der Waals surface area contributed by atoms with Gasteiger partial charge in [0.15, 0.2) is 0 Å². The van der Waals surface area contributed by atoms with E-state index in [9.17, 15) is 9.18 Å². The van der Waals surface area contributed by atoms with E-state index in [0.717, 1.165) is 30.6 Å². The minimum atomic E-state index is -0.244. The topological polar surface area (TPSA) is 32.3 Å². The number of amides is 1. The van der Waals surface area contributed by atoms with Crippen LogP contribution in [0.25, 0.3) is 0 Å². The molecule has 0 aliphatic carbocycles. The van der Waals surface area contributed by atoms with E-state index in [4.69, 9.17) is 0 Å². The Morgan fingerprint density at radius 3 is 3.12 bits per heavy atom. The minimum absolute atomic E-state index is 0.0890. The fourth-order valence-corrected chi connectivity index (χ4v) is 2.01. The highest BCUT2D eigenvalue weighted by molar-refractivity contribution is 5.78. The number of rotatable bonds is 2. The highest BCUT2D eigenvalue weighted by Gasteiger charge is 2.17. The standard InChI is InChI=1S/C13H17FN2O/c1-10-3-4-12(14)7-11(10)9-16-6-2-5-15-8-13(16)17/h3-4,7,15H,2,5-6,8-9H2,1H3. The Hall–Kier alpha value is -1.42. The first kappa shape index (κ1) is 12.0. The van der Waals surface area contributed by atoms with Gasteiger partial charge in [0.1, 0.15) is 5.82 Å². The van der Waals surface area contributed by atoms with Gasteiger partial charge in [-0.15, -0.1) is 0 Å². The van der Waals surface area contributed by atoms with Gasteiger partial charge < -0.3 is 10.2 Å². The van der Waals surface area contributed by atoms with Crippen molar-refractivity contribution in [1.29, 1.82) is 0 Å². The van der Waals surface area contributed by atoms with Crippen molar-refractivity contribution < 1.29 is 9.18 Å². The van der Waals surface area contributed by atoms with E-state index in [1.165, 1.54) is 12.1 Å². The Labute approximate surface area is 101 Å². The average molecular weight is 236 g/mol. The molecule has 1 aromatic rings. The predicted octanol–water partition coefficient (Wildman–Crippen LogP) is 1.46. The van der Waals surface area contributed by atoms with E-state index < -0.39 is 0 Å². The van der Waals surface area contributed by atoms with Gasteiger partial charge in [-0.3, -0.25) is 4.79 Å². The highest BCUT2D eigenvalue weighted by Crippen LogP contribution is 2.13. The number of hydrogen-bond donors (Lipinski definition) is 1. The van der Waals surface area contributed by atoms with Crippen LogP contribution in [0.5, 0.6) is 0 Å². The summed E-state index contributed by atoms with van der Waals surface area (Å²) >= 11 is 0. The van der Waals surface area contributed by atoms with Crippen molar-refractivity contribution in [3.63, 3.8) is 0 Å². The molecule has 0 aromatic heterocycles. The van der Waals surface area contributed by atoms with Gasteiger partial charge in [0.25, 0.3) is 0 Å². The molecule has 1 aliphatic rings. The number of halogens is 1. The summed E-state index contributed by atoms with van der Waals surface area (Å²) in [7, 11) is 0. The van der Waals surface area contributed by atoms with Crippen LogP contribution in [0.2, 0.25) is 0 Å². The summed E-state index contributed by atoms with van der Waals surface area (Å²) < 4.78 is 13.2. The smallest absolute Gasteiger partial charge is 0.236 e. The van der Waals surface area contributed by atoms with Crippen LogP contribution in [-0.4, -0.2) is 30.4 Å². The number of nitrogens with one attached hydrogen (secondary N) is 1. The molecule has 3 nitrogen and oxygen atoms in total. The zero-order valence-corrected chi connectivity index (χ0v) is 10.0. The molecule has 1 heterocycles. The fraction of sp³-hybridized carbons (Fsp3) is 0.462. The maximum Gasteiger partial charge on any atom is 0.236 e. The molecule has 1 N–H and O–H groups in total. The van der Waals surface area contributed by atoms with Gasteiger partial charge >= 0.3 is 0 Å². The summed E-state index contributed by atoms with van der Waals surface area (Å²) in [6.45, 7) is 4.43. The van der Waals surface area contributed by atoms with Crippen molar-refractivity contribution in [2.45, 2.75) is 19.9 Å². The molecular formula is C13H17FN2O. The second-order valence-corrected chi connectivity index (χ2v) is 4.42. The molecule has 0 bridgehead atoms. The maximum absolute atomic E-state index is 13.2. The Balaban J connectivity index is 2.13. The third-order valence-corrected chi connectivity index (χ3v) is 3.08. The molecular weight excluding hydrogens is 219 g/mol. The van der Waals surface area contributed by atoms with Crippen LogP contribution in [0.15, 0.2) is 18.2 Å². The van der Waals surface area contributed by atoms with Crippen LogP contribution < -0.4 is 5.32 Å². The Morgan fingerprint density at radius 2 is 2.29 bits per heavy atom. The van der Waals surface area contributed by atoms with Gasteiger partial charge in [-0.05, 0) is 43.1 Å². The molecule has 92 valence electrons. The first-order valence-corrected chi connectivity index (χ1v) is 5.90. The summed E-state index contributed by atoms with van der Waals surface area (Å²) in [5.74, 6) is -0.155. The first-order chi connectivity index (χ1) is 8.16. The summed E-state index contributed by atoms with van der Waals surface area (Å²) in [4.78, 5) is 13.6. The number of nitrogens with zero attached hydrogens (tertiary/aromatic N) is 1. The van der Waals surface area contributed by atoms with Crippen LogP contribution in [-0.2, 0) is 11.3 Å². The van der Waals surface area contributed by atoms with Crippen molar-refractivity contribution in [3.05, 3.63) is 35.1 Å². The molecule has 1 aromatic carbocycles. The quantitative estimate of drug-likeness (QED) is 0.843. The number of hydrogen-bond acceptors (Lipinski definition) is 2. The second kappa shape index (κ2) is 5.27. The third-order valence-electron chi connectivity index (χ3n) is 3.08. The molecule has 1 amide bonds. The van der Waals surface area contributed by atoms with Crippen LogP contribution in [0.1, 0.15) is 17.5 Å². The molecule has 0 saturated carbocycles. The van der Waals surface area contributed by atoms with E-state index in [0.29, 0.717) is 13.1 Å². The zero-order chi connectivity index (χ0) is 12.3. The SMILES string of the molecule is Cc1ccc(F)cc1CN1CCCNCC1=O. The molecule has 0 atom stereocenters. The lowest BCUT2D eigenvalue weighted by Crippen LogP contribution is -2.34. The van der Waals surface area contributed by atoms with Crippen molar-refractivity contribution in [3.8, 4) is 0 Å². The Kier molecular flexibility index (Phi) is 3.74. The minimum Gasteiger partial charge on any atom is -0.337 e. The lowest BCUT2D eigenvalue weighted by molar-refractivity contribution is -0.130. The Morgan fingerprint density at radius 1 is 1.47 bits per heavy atom. The second-order valence-electron chi connectivity index (χ2n) is 4.42. The lowest BCUT2D eigenvalue weighted by atomic mass is 10.1. The summed E-state index contributed by atoms with van der Waals surface area (Å²) in [5.41, 5.74) is 1.91. The van der Waals surface area contributed by atoms with Crippen LogP contribution in [0, 0.1) is 12.7 Å². The Bertz CT molecular complexity index is 420. The molecule has 1 saturated heterocycles. The molecule has 17 heavy (non-hydrogen) atoms. The fourth-order valence-electron chi connectivity index (χ4n) is 2.01. The monoisotopic (exact) mass is 236 g/mol. The summed E-state index contributed by atoms with van der Waals surface area (Å²) in [6, 6.07) is 4.72. The van der Waals surface area contributed by atoms with Gasteiger partial charge in [0, 0.05) is 13.1 Å². The number of carbonyl (C=O) groups is 1. The number of carbonyl (C=O) groups excluding carboxylic acids is 1.